The summed E-state index contributed by atoms with van der Waals surface area (Å²) < 4.78 is 5.08. The predicted molar refractivity (Wildman–Crippen MR) is 61.5 cm³/mol. The Hall–Kier alpha value is -1.50. The van der Waals surface area contributed by atoms with E-state index in [-0.39, 0.29) is 0 Å². The molecule has 0 fully saturated rings. The minimum Gasteiger partial charge on any atom is -0.497 e. The molecule has 0 saturated heterocycles. The minimum atomic E-state index is 0.880. The number of rotatable bonds is 5. The van der Waals surface area contributed by atoms with E-state index in [0.717, 1.165) is 24.2 Å². The van der Waals surface area contributed by atoms with Gasteiger partial charge in [0.2, 0.25) is 0 Å². The minimum absolute atomic E-state index is 0.880. The van der Waals surface area contributed by atoms with E-state index < -0.39 is 0 Å². The molecule has 0 spiro atoms. The number of hydrogen-bond acceptors (Lipinski definition) is 1. The predicted octanol–water partition coefficient (Wildman–Crippen LogP) is 3.67. The molecule has 0 aliphatic carbocycles. The first kappa shape index (κ1) is 10.6. The third-order valence-electron chi connectivity index (χ3n) is 2.15. The summed E-state index contributed by atoms with van der Waals surface area (Å²) >= 11 is 0. The monoisotopic (exact) mass is 188 g/mol. The molecule has 0 bridgehead atoms. The molecule has 0 N–H and O–H groups in total. The first-order chi connectivity index (χ1) is 6.77. The van der Waals surface area contributed by atoms with Gasteiger partial charge in [-0.2, -0.15) is 0 Å². The summed E-state index contributed by atoms with van der Waals surface area (Å²) in [6.07, 6.45) is 3.86. The molecule has 1 aromatic rings. The van der Waals surface area contributed by atoms with Crippen LogP contribution in [0.25, 0.3) is 5.57 Å². The zero-order valence-electron chi connectivity index (χ0n) is 8.62. The van der Waals surface area contributed by atoms with Crippen LogP contribution in [-0.4, -0.2) is 7.11 Å². The Morgan fingerprint density at radius 2 is 2.00 bits per heavy atom. The Bertz CT molecular complexity index is 309. The molecule has 14 heavy (non-hydrogen) atoms. The van der Waals surface area contributed by atoms with Gasteiger partial charge in [-0.3, -0.25) is 0 Å². The SMILES string of the molecule is C=CCCC(=C)c1ccc(OC)cc1. The van der Waals surface area contributed by atoms with Crippen LogP contribution in [0, 0.1) is 0 Å². The number of allylic oxidation sites excluding steroid dienone is 2. The number of benzene rings is 1. The molecule has 0 aliphatic rings. The summed E-state index contributed by atoms with van der Waals surface area (Å²) in [5, 5.41) is 0. The summed E-state index contributed by atoms with van der Waals surface area (Å²) in [6, 6.07) is 7.97. The van der Waals surface area contributed by atoms with Gasteiger partial charge in [-0.05, 0) is 36.1 Å². The second-order valence-corrected chi connectivity index (χ2v) is 3.16. The van der Waals surface area contributed by atoms with Crippen LogP contribution >= 0.6 is 0 Å². The fourth-order valence-corrected chi connectivity index (χ4v) is 1.25. The molecular weight excluding hydrogens is 172 g/mol. The van der Waals surface area contributed by atoms with Gasteiger partial charge >= 0.3 is 0 Å². The molecule has 0 saturated carbocycles. The lowest BCUT2D eigenvalue weighted by atomic mass is 10.0. The van der Waals surface area contributed by atoms with E-state index in [1.807, 2.05) is 30.3 Å². The highest BCUT2D eigenvalue weighted by Gasteiger charge is 1.98. The van der Waals surface area contributed by atoms with Crippen LogP contribution in [-0.2, 0) is 0 Å². The summed E-state index contributed by atoms with van der Waals surface area (Å²) in [6.45, 7) is 7.72. The van der Waals surface area contributed by atoms with Crippen molar-refractivity contribution in [2.75, 3.05) is 7.11 Å². The van der Waals surface area contributed by atoms with E-state index in [1.54, 1.807) is 7.11 Å². The lowest BCUT2D eigenvalue weighted by Crippen LogP contribution is -1.85. The van der Waals surface area contributed by atoms with Gasteiger partial charge in [0.05, 0.1) is 7.11 Å². The van der Waals surface area contributed by atoms with Gasteiger partial charge in [-0.25, -0.2) is 0 Å². The summed E-state index contributed by atoms with van der Waals surface area (Å²) in [5.74, 6) is 0.880. The molecule has 0 atom stereocenters. The van der Waals surface area contributed by atoms with E-state index in [2.05, 4.69) is 13.2 Å². The molecule has 1 aromatic carbocycles. The van der Waals surface area contributed by atoms with Gasteiger partial charge in [-0.15, -0.1) is 6.58 Å². The second-order valence-electron chi connectivity index (χ2n) is 3.16. The second kappa shape index (κ2) is 5.28. The van der Waals surface area contributed by atoms with Crippen LogP contribution in [0.1, 0.15) is 18.4 Å². The molecule has 1 nitrogen and oxygen atoms in total. The largest absolute Gasteiger partial charge is 0.497 e. The smallest absolute Gasteiger partial charge is 0.118 e. The van der Waals surface area contributed by atoms with Crippen molar-refractivity contribution in [1.82, 2.24) is 0 Å². The third kappa shape index (κ3) is 2.77. The molecule has 0 aliphatic heterocycles. The van der Waals surface area contributed by atoms with Gasteiger partial charge in [0, 0.05) is 0 Å². The maximum absolute atomic E-state index is 5.08. The van der Waals surface area contributed by atoms with Crippen LogP contribution in [0.4, 0.5) is 0 Å². The molecule has 0 aromatic heterocycles. The first-order valence-electron chi connectivity index (χ1n) is 4.71. The van der Waals surface area contributed by atoms with Gasteiger partial charge in [0.15, 0.2) is 0 Å². The quantitative estimate of drug-likeness (QED) is 0.640. The Kier molecular flexibility index (Phi) is 3.99. The van der Waals surface area contributed by atoms with Crippen molar-refractivity contribution in [2.24, 2.45) is 0 Å². The normalized spacial score (nSPS) is 9.50. The zero-order chi connectivity index (χ0) is 10.4. The van der Waals surface area contributed by atoms with E-state index in [4.69, 9.17) is 4.74 Å². The molecule has 0 amide bonds. The fourth-order valence-electron chi connectivity index (χ4n) is 1.25. The average molecular weight is 188 g/mol. The van der Waals surface area contributed by atoms with Gasteiger partial charge < -0.3 is 4.74 Å². The van der Waals surface area contributed by atoms with Crippen LogP contribution in [0.2, 0.25) is 0 Å². The molecule has 0 radical (unpaired) electrons. The average Bonchev–Trinajstić information content (AvgIpc) is 2.26. The van der Waals surface area contributed by atoms with Crippen molar-refractivity contribution in [3.05, 3.63) is 49.1 Å². The Labute approximate surface area is 85.7 Å². The summed E-state index contributed by atoms with van der Waals surface area (Å²) in [5.41, 5.74) is 2.32. The summed E-state index contributed by atoms with van der Waals surface area (Å²) in [7, 11) is 1.67. The molecule has 74 valence electrons. The zero-order valence-corrected chi connectivity index (χ0v) is 8.62. The van der Waals surface area contributed by atoms with Gasteiger partial charge in [0.1, 0.15) is 5.75 Å². The maximum Gasteiger partial charge on any atom is 0.118 e. The van der Waals surface area contributed by atoms with Crippen LogP contribution in [0.5, 0.6) is 5.75 Å². The van der Waals surface area contributed by atoms with Crippen LogP contribution < -0.4 is 4.74 Å². The van der Waals surface area contributed by atoms with Crippen molar-refractivity contribution >= 4 is 5.57 Å². The molecular formula is C13H16O. The highest BCUT2D eigenvalue weighted by atomic mass is 16.5. The molecule has 1 rings (SSSR count). The molecule has 1 heteroatoms. The number of hydrogen-bond donors (Lipinski definition) is 0. The standard InChI is InChI=1S/C13H16O/c1-4-5-6-11(2)12-7-9-13(14-3)10-8-12/h4,7-10H,1-2,5-6H2,3H3. The third-order valence-corrected chi connectivity index (χ3v) is 2.15. The van der Waals surface area contributed by atoms with Crippen molar-refractivity contribution in [2.45, 2.75) is 12.8 Å². The molecule has 0 unspecified atom stereocenters. The Balaban J connectivity index is 2.66. The van der Waals surface area contributed by atoms with Crippen molar-refractivity contribution < 1.29 is 4.74 Å². The first-order valence-corrected chi connectivity index (χ1v) is 4.71. The Morgan fingerprint density at radius 1 is 1.36 bits per heavy atom. The van der Waals surface area contributed by atoms with Crippen LogP contribution in [0.15, 0.2) is 43.5 Å². The van der Waals surface area contributed by atoms with Crippen LogP contribution in [0.3, 0.4) is 0 Å². The Morgan fingerprint density at radius 3 is 2.50 bits per heavy atom. The lowest BCUT2D eigenvalue weighted by molar-refractivity contribution is 0.415. The van der Waals surface area contributed by atoms with Crippen molar-refractivity contribution in [1.29, 1.82) is 0 Å². The fraction of sp³-hybridized carbons (Fsp3) is 0.231. The van der Waals surface area contributed by atoms with E-state index in [1.165, 1.54) is 5.56 Å². The van der Waals surface area contributed by atoms with Gasteiger partial charge in [-0.1, -0.05) is 24.8 Å². The molecule has 0 heterocycles. The van der Waals surface area contributed by atoms with E-state index >= 15 is 0 Å². The van der Waals surface area contributed by atoms with E-state index in [0.29, 0.717) is 0 Å². The topological polar surface area (TPSA) is 9.23 Å². The van der Waals surface area contributed by atoms with E-state index in [9.17, 15) is 0 Å². The van der Waals surface area contributed by atoms with Crippen molar-refractivity contribution in [3.8, 4) is 5.75 Å². The number of ether oxygens (including phenoxy) is 1. The summed E-state index contributed by atoms with van der Waals surface area (Å²) in [4.78, 5) is 0. The van der Waals surface area contributed by atoms with Crippen molar-refractivity contribution in [3.63, 3.8) is 0 Å². The highest BCUT2D eigenvalue weighted by Crippen LogP contribution is 2.20. The lowest BCUT2D eigenvalue weighted by Gasteiger charge is -2.05. The highest BCUT2D eigenvalue weighted by molar-refractivity contribution is 5.63. The van der Waals surface area contributed by atoms with Gasteiger partial charge in [0.25, 0.3) is 0 Å². The number of methoxy groups -OCH3 is 1. The maximum atomic E-state index is 5.08.